The van der Waals surface area contributed by atoms with Crippen molar-refractivity contribution in [1.82, 2.24) is 19.9 Å². The molecule has 3 aromatic rings. The number of methoxy groups -OCH3 is 1. The van der Waals surface area contributed by atoms with Crippen molar-refractivity contribution in [2.45, 2.75) is 26.4 Å². The molecule has 0 atom stereocenters. The summed E-state index contributed by atoms with van der Waals surface area (Å²) in [6, 6.07) is 8.26. The second-order valence-electron chi connectivity index (χ2n) is 8.34. The van der Waals surface area contributed by atoms with Crippen molar-refractivity contribution in [3.8, 4) is 11.6 Å². The van der Waals surface area contributed by atoms with E-state index in [0.29, 0.717) is 42.7 Å². The molecule has 178 valence electrons. The third kappa shape index (κ3) is 5.59. The summed E-state index contributed by atoms with van der Waals surface area (Å²) in [6.07, 6.45) is 6.07. The van der Waals surface area contributed by atoms with Crippen molar-refractivity contribution < 1.29 is 24.1 Å². The first-order chi connectivity index (χ1) is 16.4. The minimum atomic E-state index is -0.493. The summed E-state index contributed by atoms with van der Waals surface area (Å²) >= 11 is 0. The third-order valence-electron chi connectivity index (χ3n) is 5.62. The number of hydrogen-bond donors (Lipinski definition) is 3. The van der Waals surface area contributed by atoms with Crippen molar-refractivity contribution in [3.63, 3.8) is 0 Å². The number of carbonyl (C=O) groups is 1. The Morgan fingerprint density at radius 3 is 2.85 bits per heavy atom. The fourth-order valence-corrected chi connectivity index (χ4v) is 3.28. The van der Waals surface area contributed by atoms with Crippen molar-refractivity contribution in [2.75, 3.05) is 20.3 Å². The first kappa shape index (κ1) is 23.4. The lowest BCUT2D eigenvalue weighted by Gasteiger charge is -2.10. The van der Waals surface area contributed by atoms with Gasteiger partial charge < -0.3 is 19.3 Å². The number of aliphatic hydroxyl groups is 1. The lowest BCUT2D eigenvalue weighted by Crippen LogP contribution is -2.32. The third-order valence-corrected chi connectivity index (χ3v) is 5.62. The largest absolute Gasteiger partial charge is 0.512 e. The number of fused-ring (bicyclic) bond motifs is 1. The molecule has 0 aliphatic heterocycles. The van der Waals surface area contributed by atoms with Gasteiger partial charge in [0.2, 0.25) is 5.88 Å². The number of amidine groups is 1. The second-order valence-corrected chi connectivity index (χ2v) is 8.34. The molecule has 1 fully saturated rings. The van der Waals surface area contributed by atoms with Crippen LogP contribution in [0.3, 0.4) is 0 Å². The smallest absolute Gasteiger partial charge is 0.331 e. The van der Waals surface area contributed by atoms with E-state index in [1.165, 1.54) is 17.0 Å². The first-order valence-electron chi connectivity index (χ1n) is 10.9. The van der Waals surface area contributed by atoms with Gasteiger partial charge in [-0.05, 0) is 37.1 Å². The molecule has 0 spiro atoms. The number of aromatic nitrogens is 3. The van der Waals surface area contributed by atoms with Crippen LogP contribution < -0.4 is 10.1 Å². The molecular formula is C24H27N5O5. The van der Waals surface area contributed by atoms with Crippen LogP contribution in [-0.4, -0.2) is 51.8 Å². The average molecular weight is 466 g/mol. The lowest BCUT2D eigenvalue weighted by atomic mass is 10.1. The van der Waals surface area contributed by atoms with Crippen molar-refractivity contribution in [3.05, 3.63) is 60.4 Å². The Bertz CT molecular complexity index is 1230. The van der Waals surface area contributed by atoms with Crippen LogP contribution in [0.2, 0.25) is 0 Å². The normalized spacial score (nSPS) is 14.7. The van der Waals surface area contributed by atoms with Gasteiger partial charge in [-0.3, -0.25) is 15.3 Å². The molecule has 0 unspecified atom stereocenters. The topological polar surface area (TPSA) is 132 Å². The average Bonchev–Trinajstić information content (AvgIpc) is 3.43. The van der Waals surface area contributed by atoms with Crippen molar-refractivity contribution >= 4 is 22.8 Å². The number of benzene rings is 1. The van der Waals surface area contributed by atoms with Gasteiger partial charge in [-0.1, -0.05) is 6.92 Å². The summed E-state index contributed by atoms with van der Waals surface area (Å²) < 4.78 is 17.7. The predicted molar refractivity (Wildman–Crippen MR) is 125 cm³/mol. The lowest BCUT2D eigenvalue weighted by molar-refractivity contribution is 0.0601. The maximum Gasteiger partial charge on any atom is 0.331 e. The Morgan fingerprint density at radius 1 is 1.26 bits per heavy atom. The van der Waals surface area contributed by atoms with Gasteiger partial charge in [0.1, 0.15) is 23.7 Å². The molecule has 10 heteroatoms. The van der Waals surface area contributed by atoms with Crippen LogP contribution in [-0.2, 0) is 16.1 Å². The standard InChI is InChI=1S/C24H27N5O5/c1-24(6-7-24)20(30)13-21(25)28-23(31)29-8-5-16-11-18(3-4-19(16)29)34-22-12-17(26-15-27-22)14-33-10-9-32-2/h3-5,8,11-13,15,30H,6-7,9-10,14H2,1-2H3,(H2,25,28,31)/b20-13-. The van der Waals surface area contributed by atoms with Crippen molar-refractivity contribution in [1.29, 1.82) is 5.41 Å². The van der Waals surface area contributed by atoms with E-state index in [0.717, 1.165) is 18.2 Å². The monoisotopic (exact) mass is 465 g/mol. The summed E-state index contributed by atoms with van der Waals surface area (Å²) in [4.78, 5) is 21.0. The minimum Gasteiger partial charge on any atom is -0.512 e. The Morgan fingerprint density at radius 2 is 2.09 bits per heavy atom. The van der Waals surface area contributed by atoms with Crippen LogP contribution >= 0.6 is 0 Å². The molecule has 2 heterocycles. The first-order valence-corrected chi connectivity index (χ1v) is 10.9. The Balaban J connectivity index is 1.41. The van der Waals surface area contributed by atoms with E-state index < -0.39 is 6.03 Å². The highest BCUT2D eigenvalue weighted by atomic mass is 16.5. The Labute approximate surface area is 196 Å². The van der Waals surface area contributed by atoms with Crippen LogP contribution in [0.25, 0.3) is 10.9 Å². The second kappa shape index (κ2) is 10.0. The number of rotatable bonds is 9. The highest BCUT2D eigenvalue weighted by Gasteiger charge is 2.41. The number of allylic oxidation sites excluding steroid dienone is 1. The molecule has 1 aliphatic rings. The van der Waals surface area contributed by atoms with E-state index in [9.17, 15) is 9.90 Å². The molecule has 10 nitrogen and oxygen atoms in total. The van der Waals surface area contributed by atoms with Gasteiger partial charge in [0.25, 0.3) is 0 Å². The highest BCUT2D eigenvalue weighted by Crippen LogP contribution is 2.50. The van der Waals surface area contributed by atoms with Crippen LogP contribution in [0.1, 0.15) is 25.5 Å². The zero-order chi connectivity index (χ0) is 24.1. The van der Waals surface area contributed by atoms with Gasteiger partial charge in [0.05, 0.1) is 31.0 Å². The number of ether oxygens (including phenoxy) is 3. The molecular weight excluding hydrogens is 438 g/mol. The SMILES string of the molecule is COCCOCc1cc(Oc2ccc3c(ccn3C(=O)NC(=N)/C=C(\O)C3(C)CC3)c2)ncn1. The number of nitrogens with one attached hydrogen (secondary N) is 2. The summed E-state index contributed by atoms with van der Waals surface area (Å²) in [6.45, 7) is 3.21. The van der Waals surface area contributed by atoms with E-state index in [-0.39, 0.29) is 17.0 Å². The molecule has 0 radical (unpaired) electrons. The molecule has 3 N–H and O–H groups in total. The van der Waals surface area contributed by atoms with Gasteiger partial charge in [-0.25, -0.2) is 14.8 Å². The number of amides is 1. The fraction of sp³-hybridized carbons (Fsp3) is 0.333. The maximum absolute atomic E-state index is 12.7. The molecule has 1 aliphatic carbocycles. The molecule has 1 aromatic carbocycles. The van der Waals surface area contributed by atoms with Crippen LogP contribution in [0.5, 0.6) is 11.6 Å². The van der Waals surface area contributed by atoms with Gasteiger partial charge in [0, 0.05) is 36.3 Å². The zero-order valence-corrected chi connectivity index (χ0v) is 19.1. The summed E-state index contributed by atoms with van der Waals surface area (Å²) in [5.74, 6) is 0.879. The van der Waals surface area contributed by atoms with Crippen molar-refractivity contribution in [2.24, 2.45) is 5.41 Å². The molecule has 0 bridgehead atoms. The zero-order valence-electron chi connectivity index (χ0n) is 19.1. The van der Waals surface area contributed by atoms with Crippen LogP contribution in [0.15, 0.2) is 54.7 Å². The van der Waals surface area contributed by atoms with E-state index in [1.54, 1.807) is 43.6 Å². The summed E-state index contributed by atoms with van der Waals surface area (Å²) in [5, 5.41) is 21.3. The highest BCUT2D eigenvalue weighted by molar-refractivity contribution is 6.05. The van der Waals surface area contributed by atoms with Gasteiger partial charge in [0.15, 0.2) is 0 Å². The van der Waals surface area contributed by atoms with Crippen LogP contribution in [0.4, 0.5) is 4.79 Å². The summed E-state index contributed by atoms with van der Waals surface area (Å²) in [7, 11) is 1.61. The van der Waals surface area contributed by atoms with E-state index >= 15 is 0 Å². The maximum atomic E-state index is 12.7. The number of nitrogens with zero attached hydrogens (tertiary/aromatic N) is 3. The Kier molecular flexibility index (Phi) is 6.90. The number of aliphatic hydroxyl groups excluding tert-OH is 1. The molecule has 34 heavy (non-hydrogen) atoms. The van der Waals surface area contributed by atoms with Gasteiger partial charge >= 0.3 is 6.03 Å². The minimum absolute atomic E-state index is 0.117. The molecule has 4 rings (SSSR count). The number of hydrogen-bond acceptors (Lipinski definition) is 8. The quantitative estimate of drug-likeness (QED) is 0.187. The molecule has 1 amide bonds. The van der Waals surface area contributed by atoms with E-state index in [4.69, 9.17) is 19.6 Å². The number of carbonyl (C=O) groups excluding carboxylic acids is 1. The fourth-order valence-electron chi connectivity index (χ4n) is 3.28. The summed E-state index contributed by atoms with van der Waals surface area (Å²) in [5.41, 5.74) is 1.06. The molecule has 0 saturated heterocycles. The molecule has 1 saturated carbocycles. The predicted octanol–water partition coefficient (Wildman–Crippen LogP) is 4.16. The molecule has 2 aromatic heterocycles. The van der Waals surface area contributed by atoms with Gasteiger partial charge in [-0.15, -0.1) is 0 Å². The Hall–Kier alpha value is -3.76. The van der Waals surface area contributed by atoms with Gasteiger partial charge in [-0.2, -0.15) is 0 Å². The van der Waals surface area contributed by atoms with Crippen LogP contribution in [0, 0.1) is 10.8 Å². The van der Waals surface area contributed by atoms with E-state index in [1.807, 2.05) is 6.92 Å². The van der Waals surface area contributed by atoms with E-state index in [2.05, 4.69) is 15.3 Å².